The third-order valence-corrected chi connectivity index (χ3v) is 7.70. The summed E-state index contributed by atoms with van der Waals surface area (Å²) in [6, 6.07) is 3.54. The van der Waals surface area contributed by atoms with E-state index in [9.17, 15) is 19.2 Å². The lowest BCUT2D eigenvalue weighted by atomic mass is 10.2. The molecule has 0 atom stereocenters. The van der Waals surface area contributed by atoms with E-state index in [1.165, 1.54) is 14.2 Å². The highest BCUT2D eigenvalue weighted by Gasteiger charge is 2.35. The Morgan fingerprint density at radius 1 is 0.619 bits per heavy atom. The van der Waals surface area contributed by atoms with E-state index in [-0.39, 0.29) is 35.3 Å². The van der Waals surface area contributed by atoms with Gasteiger partial charge in [0.15, 0.2) is 0 Å². The van der Waals surface area contributed by atoms with Gasteiger partial charge in [-0.05, 0) is 37.8 Å². The van der Waals surface area contributed by atoms with Crippen LogP contribution < -0.4 is 9.80 Å². The Morgan fingerprint density at radius 2 is 0.976 bits per heavy atom. The molecule has 42 heavy (non-hydrogen) atoms. The van der Waals surface area contributed by atoms with Crippen LogP contribution in [0.5, 0.6) is 0 Å². The Balaban J connectivity index is 0.000000168. The Hall–Kier alpha value is -4.36. The van der Waals surface area contributed by atoms with E-state index < -0.39 is 11.9 Å². The van der Waals surface area contributed by atoms with Crippen molar-refractivity contribution in [2.75, 3.05) is 76.4 Å². The van der Waals surface area contributed by atoms with Gasteiger partial charge in [0.2, 0.25) is 23.5 Å². The smallest absolute Gasteiger partial charge is 0.376 e. The van der Waals surface area contributed by atoms with Crippen LogP contribution in [0.15, 0.2) is 24.5 Å². The van der Waals surface area contributed by atoms with Crippen molar-refractivity contribution >= 4 is 35.4 Å². The van der Waals surface area contributed by atoms with Crippen molar-refractivity contribution < 1.29 is 28.7 Å². The molecular weight excluding hydrogens is 544 g/mol. The van der Waals surface area contributed by atoms with E-state index in [4.69, 9.17) is 0 Å². The number of carbonyl (C=O) groups is 4. The molecule has 2 saturated heterocycles. The molecule has 6 rings (SSSR count). The van der Waals surface area contributed by atoms with E-state index in [1.807, 2.05) is 9.80 Å². The highest BCUT2D eigenvalue weighted by atomic mass is 16.5. The van der Waals surface area contributed by atoms with Crippen molar-refractivity contribution in [2.45, 2.75) is 25.7 Å². The van der Waals surface area contributed by atoms with Crippen molar-refractivity contribution in [3.05, 3.63) is 36.2 Å². The number of carbonyl (C=O) groups excluding carboxylic acids is 4. The van der Waals surface area contributed by atoms with Crippen LogP contribution in [0.1, 0.15) is 46.9 Å². The third-order valence-electron chi connectivity index (χ3n) is 7.70. The first kappa shape index (κ1) is 29.1. The van der Waals surface area contributed by atoms with Gasteiger partial charge < -0.3 is 29.1 Å². The van der Waals surface area contributed by atoms with Crippen molar-refractivity contribution in [1.29, 1.82) is 0 Å². The first-order chi connectivity index (χ1) is 20.4. The van der Waals surface area contributed by atoms with Crippen LogP contribution in [0.2, 0.25) is 0 Å². The molecule has 224 valence electrons. The van der Waals surface area contributed by atoms with Crippen molar-refractivity contribution in [2.24, 2.45) is 11.8 Å². The summed E-state index contributed by atoms with van der Waals surface area (Å²) < 4.78 is 9.25. The van der Waals surface area contributed by atoms with E-state index in [0.29, 0.717) is 37.8 Å². The lowest BCUT2D eigenvalue weighted by molar-refractivity contribution is -0.133. The quantitative estimate of drug-likeness (QED) is 0.441. The summed E-state index contributed by atoms with van der Waals surface area (Å²) in [5.74, 6) is 1.54. The number of aromatic nitrogens is 4. The molecule has 4 aliphatic rings. The summed E-state index contributed by atoms with van der Waals surface area (Å²) in [6.45, 7) is 5.68. The highest BCUT2D eigenvalue weighted by molar-refractivity contribution is 5.86. The number of amides is 2. The maximum absolute atomic E-state index is 12.0. The Morgan fingerprint density at radius 3 is 1.29 bits per heavy atom. The number of hydrogen-bond donors (Lipinski definition) is 0. The van der Waals surface area contributed by atoms with Crippen LogP contribution >= 0.6 is 0 Å². The Labute approximate surface area is 244 Å². The van der Waals surface area contributed by atoms with Crippen molar-refractivity contribution in [1.82, 2.24) is 29.7 Å². The van der Waals surface area contributed by atoms with Gasteiger partial charge in [0.1, 0.15) is 11.6 Å². The second kappa shape index (κ2) is 13.1. The fourth-order valence-electron chi connectivity index (χ4n) is 4.92. The van der Waals surface area contributed by atoms with Crippen LogP contribution in [-0.2, 0) is 19.1 Å². The molecule has 2 aliphatic heterocycles. The SMILES string of the molecule is COC(=O)c1nccc(N2CCN(C(=O)C3CC3)CC2)n1.COC(=O)c1nccc(N2CCN(C(=O)C3CC3)CC2)n1. The summed E-state index contributed by atoms with van der Waals surface area (Å²) >= 11 is 0. The average Bonchev–Trinajstić information content (AvgIpc) is 3.98. The fourth-order valence-corrected chi connectivity index (χ4v) is 4.92. The monoisotopic (exact) mass is 580 g/mol. The number of methoxy groups -OCH3 is 2. The second-order valence-corrected chi connectivity index (χ2v) is 10.6. The van der Waals surface area contributed by atoms with Gasteiger partial charge in [-0.3, -0.25) is 9.59 Å². The van der Waals surface area contributed by atoms with Gasteiger partial charge in [-0.1, -0.05) is 0 Å². The number of rotatable bonds is 6. The molecule has 0 unspecified atom stereocenters. The molecule has 0 radical (unpaired) electrons. The van der Waals surface area contributed by atoms with Gasteiger partial charge >= 0.3 is 11.9 Å². The molecule has 0 spiro atoms. The predicted octanol–water partition coefficient (Wildman–Crippen LogP) is 0.644. The first-order valence-corrected chi connectivity index (χ1v) is 14.3. The van der Waals surface area contributed by atoms with Crippen LogP contribution in [0.3, 0.4) is 0 Å². The minimum absolute atomic E-state index is 0.0616. The summed E-state index contributed by atoms with van der Waals surface area (Å²) in [7, 11) is 2.61. The maximum atomic E-state index is 12.0. The molecular formula is C28H36N8O6. The van der Waals surface area contributed by atoms with Crippen molar-refractivity contribution in [3.8, 4) is 0 Å². The number of ether oxygens (including phenoxy) is 2. The molecule has 2 aromatic rings. The lowest BCUT2D eigenvalue weighted by Gasteiger charge is -2.35. The summed E-state index contributed by atoms with van der Waals surface area (Å²) in [4.78, 5) is 71.1. The molecule has 4 fully saturated rings. The van der Waals surface area contributed by atoms with E-state index in [1.54, 1.807) is 24.5 Å². The zero-order valence-corrected chi connectivity index (χ0v) is 24.0. The third kappa shape index (κ3) is 7.09. The molecule has 4 heterocycles. The van der Waals surface area contributed by atoms with Gasteiger partial charge in [0, 0.05) is 76.6 Å². The van der Waals surface area contributed by atoms with Gasteiger partial charge in [-0.15, -0.1) is 0 Å². The zero-order chi connectivity index (χ0) is 29.6. The van der Waals surface area contributed by atoms with E-state index in [0.717, 1.165) is 51.9 Å². The normalized spacial score (nSPS) is 18.5. The van der Waals surface area contributed by atoms with Crippen LogP contribution in [0, 0.1) is 11.8 Å². The number of piperazine rings is 2. The Kier molecular flexibility index (Phi) is 9.08. The van der Waals surface area contributed by atoms with Crippen LogP contribution in [0.25, 0.3) is 0 Å². The fraction of sp³-hybridized carbons (Fsp3) is 0.571. The molecule has 0 N–H and O–H groups in total. The Bertz CT molecular complexity index is 1200. The first-order valence-electron chi connectivity index (χ1n) is 14.3. The van der Waals surface area contributed by atoms with Gasteiger partial charge in [0.05, 0.1) is 14.2 Å². The summed E-state index contributed by atoms with van der Waals surface area (Å²) in [6.07, 6.45) is 7.24. The number of esters is 2. The zero-order valence-electron chi connectivity index (χ0n) is 24.0. The molecule has 14 heteroatoms. The van der Waals surface area contributed by atoms with Gasteiger partial charge in [-0.2, -0.15) is 0 Å². The minimum atomic E-state index is -0.542. The highest BCUT2D eigenvalue weighted by Crippen LogP contribution is 2.32. The number of nitrogens with zero attached hydrogens (tertiary/aromatic N) is 8. The topological polar surface area (TPSA) is 151 Å². The minimum Gasteiger partial charge on any atom is -0.463 e. The standard InChI is InChI=1S/2C14H18N4O3/c2*1-21-14(20)12-15-5-4-11(16-12)17-6-8-18(9-7-17)13(19)10-2-3-10/h2*4-5,10H,2-3,6-9H2,1H3. The molecule has 14 nitrogen and oxygen atoms in total. The molecule has 0 aromatic carbocycles. The van der Waals surface area contributed by atoms with E-state index in [2.05, 4.69) is 39.2 Å². The number of anilines is 2. The summed E-state index contributed by atoms with van der Waals surface area (Å²) in [5.41, 5.74) is 0. The van der Waals surface area contributed by atoms with Crippen LogP contribution in [0.4, 0.5) is 11.6 Å². The number of hydrogen-bond acceptors (Lipinski definition) is 12. The van der Waals surface area contributed by atoms with Crippen molar-refractivity contribution in [3.63, 3.8) is 0 Å². The average molecular weight is 581 g/mol. The molecule has 0 bridgehead atoms. The van der Waals surface area contributed by atoms with Gasteiger partial charge in [0.25, 0.3) is 0 Å². The molecule has 2 aliphatic carbocycles. The van der Waals surface area contributed by atoms with Crippen LogP contribution in [-0.4, -0.2) is 120 Å². The second-order valence-electron chi connectivity index (χ2n) is 10.6. The summed E-state index contributed by atoms with van der Waals surface area (Å²) in [5, 5.41) is 0. The largest absolute Gasteiger partial charge is 0.463 e. The lowest BCUT2D eigenvalue weighted by Crippen LogP contribution is -2.49. The van der Waals surface area contributed by atoms with E-state index >= 15 is 0 Å². The molecule has 2 aromatic heterocycles. The molecule has 2 amide bonds. The predicted molar refractivity (Wildman–Crippen MR) is 150 cm³/mol. The van der Waals surface area contributed by atoms with Gasteiger partial charge in [-0.25, -0.2) is 29.5 Å². The molecule has 2 saturated carbocycles. The maximum Gasteiger partial charge on any atom is 0.376 e.